The first-order chi connectivity index (χ1) is 4.33. The van der Waals surface area contributed by atoms with Crippen LogP contribution in [0.15, 0.2) is 0 Å². The number of rotatable bonds is 3. The fourth-order valence-electron chi connectivity index (χ4n) is 0.427. The van der Waals surface area contributed by atoms with Gasteiger partial charge >= 0.3 is 23.1 Å². The van der Waals surface area contributed by atoms with Gasteiger partial charge in [-0.25, -0.2) is 0 Å². The molecule has 0 rings (SSSR count). The van der Waals surface area contributed by atoms with Crippen LogP contribution in [-0.4, -0.2) is 23.1 Å². The summed E-state index contributed by atoms with van der Waals surface area (Å²) in [7, 11) is 0. The minimum absolute atomic E-state index is 0. The maximum absolute atomic E-state index is 3.72. The van der Waals surface area contributed by atoms with Gasteiger partial charge in [0.2, 0.25) is 0 Å². The molecular formula is C9H20Mg. The first-order valence-corrected chi connectivity index (χ1v) is 3.86. The third kappa shape index (κ3) is 37.3. The van der Waals surface area contributed by atoms with Gasteiger partial charge < -0.3 is 13.3 Å². The summed E-state index contributed by atoms with van der Waals surface area (Å²) >= 11 is 0. The number of hydrogen-bond acceptors (Lipinski definition) is 0. The Labute approximate surface area is 82.9 Å². The second-order valence-corrected chi connectivity index (χ2v) is 2.14. The van der Waals surface area contributed by atoms with Crippen LogP contribution in [0.1, 0.15) is 46.5 Å². The van der Waals surface area contributed by atoms with Gasteiger partial charge in [-0.2, -0.15) is 20.3 Å². The summed E-state index contributed by atoms with van der Waals surface area (Å²) in [5, 5.41) is 0. The Hall–Kier alpha value is 0.766. The van der Waals surface area contributed by atoms with Gasteiger partial charge in [-0.1, -0.05) is 26.2 Å². The van der Waals surface area contributed by atoms with Gasteiger partial charge in [0, 0.05) is 0 Å². The zero-order valence-corrected chi connectivity index (χ0v) is 9.23. The molecule has 0 heterocycles. The van der Waals surface area contributed by atoms with E-state index in [0.717, 1.165) is 6.42 Å². The van der Waals surface area contributed by atoms with Crippen LogP contribution in [-0.2, 0) is 0 Å². The molecule has 58 valence electrons. The third-order valence-electron chi connectivity index (χ3n) is 0.854. The normalized spacial score (nSPS) is 7.20. The van der Waals surface area contributed by atoms with Crippen molar-refractivity contribution in [1.82, 2.24) is 0 Å². The van der Waals surface area contributed by atoms with Crippen LogP contribution >= 0.6 is 0 Å². The zero-order valence-electron chi connectivity index (χ0n) is 7.82. The molecule has 0 unspecified atom stereocenters. The van der Waals surface area contributed by atoms with E-state index in [9.17, 15) is 0 Å². The molecule has 0 N–H and O–H groups in total. The Kier molecular flexibility index (Phi) is 38.4. The Balaban J connectivity index is -0.000000107. The molecule has 0 aliphatic heterocycles. The van der Waals surface area contributed by atoms with Crippen LogP contribution in [0.5, 0.6) is 0 Å². The molecule has 0 atom stereocenters. The Bertz CT molecular complexity index is 23.9. The summed E-state index contributed by atoms with van der Waals surface area (Å²) in [5.41, 5.74) is 0. The van der Waals surface area contributed by atoms with Crippen molar-refractivity contribution in [3.05, 3.63) is 13.3 Å². The molecule has 0 aromatic heterocycles. The molecule has 0 aliphatic rings. The molecule has 0 bridgehead atoms. The van der Waals surface area contributed by atoms with Gasteiger partial charge in [0.1, 0.15) is 0 Å². The molecule has 0 saturated heterocycles. The number of hydrogen-bond donors (Lipinski definition) is 0. The molecule has 0 fully saturated rings. The van der Waals surface area contributed by atoms with E-state index in [4.69, 9.17) is 0 Å². The fourth-order valence-corrected chi connectivity index (χ4v) is 0.427. The monoisotopic (exact) mass is 152 g/mol. The van der Waals surface area contributed by atoms with Crippen LogP contribution in [0.4, 0.5) is 0 Å². The maximum Gasteiger partial charge on any atom is 2.00 e. The van der Waals surface area contributed by atoms with Crippen molar-refractivity contribution < 1.29 is 0 Å². The molecule has 10 heavy (non-hydrogen) atoms. The molecule has 0 aromatic carbocycles. The fraction of sp³-hybridized carbons (Fsp3) is 0.778. The Morgan fingerprint density at radius 3 is 1.70 bits per heavy atom. The van der Waals surface area contributed by atoms with E-state index >= 15 is 0 Å². The van der Waals surface area contributed by atoms with Crippen molar-refractivity contribution in [3.8, 4) is 0 Å². The SMILES string of the molecule is C[CH-]C.[CH2-]CCCCC.[Mg+2]. The van der Waals surface area contributed by atoms with Gasteiger partial charge in [-0.15, -0.1) is 0 Å². The summed E-state index contributed by atoms with van der Waals surface area (Å²) < 4.78 is 0. The molecule has 0 spiro atoms. The van der Waals surface area contributed by atoms with Gasteiger partial charge in [-0.3, -0.25) is 0 Å². The Morgan fingerprint density at radius 2 is 1.60 bits per heavy atom. The summed E-state index contributed by atoms with van der Waals surface area (Å²) in [6.45, 7) is 9.93. The van der Waals surface area contributed by atoms with Crippen molar-refractivity contribution in [2.45, 2.75) is 46.5 Å². The van der Waals surface area contributed by atoms with E-state index < -0.39 is 0 Å². The summed E-state index contributed by atoms with van der Waals surface area (Å²) in [6.07, 6.45) is 7.07. The van der Waals surface area contributed by atoms with Crippen LogP contribution < -0.4 is 0 Å². The van der Waals surface area contributed by atoms with Crippen molar-refractivity contribution in [1.29, 1.82) is 0 Å². The quantitative estimate of drug-likeness (QED) is 0.331. The summed E-state index contributed by atoms with van der Waals surface area (Å²) in [6, 6.07) is 0. The molecule has 0 nitrogen and oxygen atoms in total. The van der Waals surface area contributed by atoms with Crippen LogP contribution in [0.25, 0.3) is 0 Å². The van der Waals surface area contributed by atoms with E-state index in [2.05, 4.69) is 13.8 Å². The average molecular weight is 153 g/mol. The molecular weight excluding hydrogens is 132 g/mol. The number of unbranched alkanes of at least 4 members (excludes halogenated alkanes) is 3. The topological polar surface area (TPSA) is 0 Å². The zero-order chi connectivity index (χ0) is 7.54. The molecule has 0 aromatic rings. The van der Waals surface area contributed by atoms with Crippen molar-refractivity contribution >= 4 is 23.1 Å². The van der Waals surface area contributed by atoms with Gasteiger partial charge in [-0.05, 0) is 0 Å². The third-order valence-corrected chi connectivity index (χ3v) is 0.854. The summed E-state index contributed by atoms with van der Waals surface area (Å²) in [5.74, 6) is 0. The van der Waals surface area contributed by atoms with Gasteiger partial charge in [0.25, 0.3) is 0 Å². The minimum atomic E-state index is 0. The van der Waals surface area contributed by atoms with Gasteiger partial charge in [0.05, 0.1) is 0 Å². The van der Waals surface area contributed by atoms with Gasteiger partial charge in [0.15, 0.2) is 0 Å². The molecule has 1 heteroatoms. The minimum Gasteiger partial charge on any atom is -0.343 e. The Morgan fingerprint density at radius 1 is 1.20 bits per heavy atom. The van der Waals surface area contributed by atoms with E-state index in [0.29, 0.717) is 0 Å². The molecule has 0 saturated carbocycles. The standard InChI is InChI=1S/C6H13.C3H7.Mg/c1-3-5-6-4-2;1-3-2;/h1,3-6H2,2H3;3H,1-2H3;/q2*-1;+2. The van der Waals surface area contributed by atoms with Crippen LogP contribution in [0.3, 0.4) is 0 Å². The van der Waals surface area contributed by atoms with E-state index in [1.165, 1.54) is 19.3 Å². The smallest absolute Gasteiger partial charge is 0.343 e. The average Bonchev–Trinajstić information content (AvgIpc) is 1.86. The predicted molar refractivity (Wildman–Crippen MR) is 50.9 cm³/mol. The van der Waals surface area contributed by atoms with Crippen molar-refractivity contribution in [2.24, 2.45) is 0 Å². The van der Waals surface area contributed by atoms with Crippen LogP contribution in [0.2, 0.25) is 0 Å². The largest absolute Gasteiger partial charge is 2.00 e. The molecule has 0 aliphatic carbocycles. The van der Waals surface area contributed by atoms with Crippen molar-refractivity contribution in [2.75, 3.05) is 0 Å². The van der Waals surface area contributed by atoms with E-state index in [1.807, 2.05) is 20.3 Å². The molecule has 0 amide bonds. The van der Waals surface area contributed by atoms with Crippen LogP contribution in [0, 0.1) is 13.3 Å². The van der Waals surface area contributed by atoms with E-state index in [1.54, 1.807) is 0 Å². The maximum atomic E-state index is 3.72. The van der Waals surface area contributed by atoms with E-state index in [-0.39, 0.29) is 23.1 Å². The predicted octanol–water partition coefficient (Wildman–Crippen LogP) is 3.25. The van der Waals surface area contributed by atoms with Crippen molar-refractivity contribution in [3.63, 3.8) is 0 Å². The first-order valence-electron chi connectivity index (χ1n) is 3.86. The molecule has 0 radical (unpaired) electrons. The second-order valence-electron chi connectivity index (χ2n) is 2.14. The summed E-state index contributed by atoms with van der Waals surface area (Å²) in [4.78, 5) is 0. The second kappa shape index (κ2) is 22.6. The first kappa shape index (κ1) is 17.0.